The van der Waals surface area contributed by atoms with Gasteiger partial charge >= 0.3 is 12.1 Å². The molecule has 0 aliphatic rings. The predicted molar refractivity (Wildman–Crippen MR) is 116 cm³/mol. The van der Waals surface area contributed by atoms with Crippen LogP contribution in [0.1, 0.15) is 65.7 Å². The number of carbonyl (C=O) groups excluding carboxylic acids is 2. The first-order chi connectivity index (χ1) is 14.2. The van der Waals surface area contributed by atoms with E-state index in [-0.39, 0.29) is 12.0 Å². The molecule has 0 saturated heterocycles. The fourth-order valence-corrected chi connectivity index (χ4v) is 2.86. The number of para-hydroxylation sites is 1. The molecule has 0 aliphatic heterocycles. The number of hydrogen-bond acceptors (Lipinski definition) is 7. The molecule has 1 aromatic heterocycles. The molecule has 0 unspecified atom stereocenters. The van der Waals surface area contributed by atoms with Crippen LogP contribution in [0, 0.1) is 0 Å². The van der Waals surface area contributed by atoms with Crippen LogP contribution in [0.25, 0.3) is 10.9 Å². The lowest BCUT2D eigenvalue weighted by Crippen LogP contribution is -2.35. The first-order valence-electron chi connectivity index (χ1n) is 10.4. The fourth-order valence-electron chi connectivity index (χ4n) is 2.86. The molecule has 0 spiro atoms. The lowest BCUT2D eigenvalue weighted by molar-refractivity contribution is -0.143. The Bertz CT molecular complexity index is 864. The van der Waals surface area contributed by atoms with Gasteiger partial charge in [-0.2, -0.15) is 0 Å². The quantitative estimate of drug-likeness (QED) is 0.462. The Labute approximate surface area is 177 Å². The largest absolute Gasteiger partial charge is 0.466 e. The van der Waals surface area contributed by atoms with E-state index in [4.69, 9.17) is 9.47 Å². The Morgan fingerprint density at radius 3 is 2.53 bits per heavy atom. The third-order valence-electron chi connectivity index (χ3n) is 4.19. The number of nitrogens with one attached hydrogen (secondary N) is 2. The van der Waals surface area contributed by atoms with Gasteiger partial charge in [0.05, 0.1) is 18.2 Å². The van der Waals surface area contributed by atoms with Crippen LogP contribution in [0.3, 0.4) is 0 Å². The average Bonchev–Trinajstić information content (AvgIpc) is 2.68. The maximum absolute atomic E-state index is 12.2. The van der Waals surface area contributed by atoms with E-state index < -0.39 is 11.7 Å². The Kier molecular flexibility index (Phi) is 8.38. The normalized spacial score (nSPS) is 12.3. The number of carbonyl (C=O) groups is 2. The number of amides is 1. The van der Waals surface area contributed by atoms with E-state index in [2.05, 4.69) is 20.6 Å². The highest BCUT2D eigenvalue weighted by atomic mass is 16.6. The summed E-state index contributed by atoms with van der Waals surface area (Å²) in [6.07, 6.45) is 1.07. The van der Waals surface area contributed by atoms with Gasteiger partial charge in [-0.1, -0.05) is 19.1 Å². The summed E-state index contributed by atoms with van der Waals surface area (Å²) in [7, 11) is 0. The van der Waals surface area contributed by atoms with Crippen molar-refractivity contribution in [2.75, 3.05) is 18.5 Å². The van der Waals surface area contributed by atoms with E-state index in [1.54, 1.807) is 6.92 Å². The van der Waals surface area contributed by atoms with Crippen LogP contribution < -0.4 is 10.6 Å². The van der Waals surface area contributed by atoms with Crippen LogP contribution in [0.4, 0.5) is 10.6 Å². The maximum Gasteiger partial charge on any atom is 0.408 e. The van der Waals surface area contributed by atoms with Gasteiger partial charge in [-0.05, 0) is 52.7 Å². The molecule has 164 valence electrons. The molecule has 1 aromatic carbocycles. The first-order valence-corrected chi connectivity index (χ1v) is 10.4. The zero-order chi connectivity index (χ0) is 22.1. The van der Waals surface area contributed by atoms with E-state index in [0.29, 0.717) is 44.1 Å². The molecule has 0 bridgehead atoms. The Morgan fingerprint density at radius 1 is 1.13 bits per heavy atom. The summed E-state index contributed by atoms with van der Waals surface area (Å²) in [6.45, 7) is 10.1. The molecule has 2 N–H and O–H groups in total. The number of rotatable bonds is 9. The minimum absolute atomic E-state index is 0.208. The van der Waals surface area contributed by atoms with Crippen LogP contribution in [0.5, 0.6) is 0 Å². The van der Waals surface area contributed by atoms with Crippen LogP contribution in [0.15, 0.2) is 24.3 Å². The number of ether oxygens (including phenoxy) is 2. The Morgan fingerprint density at radius 2 is 1.87 bits per heavy atom. The lowest BCUT2D eigenvalue weighted by Gasteiger charge is -2.23. The molecule has 8 nitrogen and oxygen atoms in total. The van der Waals surface area contributed by atoms with Gasteiger partial charge in [0.1, 0.15) is 11.4 Å². The van der Waals surface area contributed by atoms with Gasteiger partial charge < -0.3 is 20.1 Å². The highest BCUT2D eigenvalue weighted by Gasteiger charge is 2.22. The molecule has 30 heavy (non-hydrogen) atoms. The summed E-state index contributed by atoms with van der Waals surface area (Å²) < 4.78 is 10.3. The summed E-state index contributed by atoms with van der Waals surface area (Å²) in [5.74, 6) is 0.971. The maximum atomic E-state index is 12.2. The van der Waals surface area contributed by atoms with Crippen molar-refractivity contribution in [3.05, 3.63) is 30.1 Å². The number of esters is 1. The van der Waals surface area contributed by atoms with Crippen molar-refractivity contribution in [2.24, 2.45) is 0 Å². The minimum atomic E-state index is -0.585. The molecular weight excluding hydrogens is 384 g/mol. The number of benzene rings is 1. The second kappa shape index (κ2) is 10.8. The fraction of sp³-hybridized carbons (Fsp3) is 0.545. The second-order valence-corrected chi connectivity index (χ2v) is 7.89. The van der Waals surface area contributed by atoms with E-state index in [9.17, 15) is 9.59 Å². The van der Waals surface area contributed by atoms with Crippen molar-refractivity contribution in [1.82, 2.24) is 15.3 Å². The van der Waals surface area contributed by atoms with E-state index in [0.717, 1.165) is 10.9 Å². The monoisotopic (exact) mass is 416 g/mol. The highest BCUT2D eigenvalue weighted by molar-refractivity contribution is 5.89. The number of aromatic nitrogens is 2. The first kappa shape index (κ1) is 23.4. The van der Waals surface area contributed by atoms with E-state index >= 15 is 0 Å². The van der Waals surface area contributed by atoms with Gasteiger partial charge in [0.15, 0.2) is 5.82 Å². The molecular formula is C22H32N4O4. The number of fused-ring (bicyclic) bond motifs is 1. The average molecular weight is 417 g/mol. The number of alkyl carbamates (subject to hydrolysis) is 1. The zero-order valence-electron chi connectivity index (χ0n) is 18.4. The lowest BCUT2D eigenvalue weighted by atomic mass is 10.1. The number of nitrogens with zero attached hydrogens (tertiary/aromatic N) is 2. The molecule has 0 radical (unpaired) electrons. The van der Waals surface area contributed by atoms with Crippen molar-refractivity contribution in [2.45, 2.75) is 65.5 Å². The summed E-state index contributed by atoms with van der Waals surface area (Å²) >= 11 is 0. The number of hydrogen-bond donors (Lipinski definition) is 2. The van der Waals surface area contributed by atoms with E-state index in [1.807, 2.05) is 52.0 Å². The van der Waals surface area contributed by atoms with Crippen molar-refractivity contribution < 1.29 is 19.1 Å². The third-order valence-corrected chi connectivity index (χ3v) is 4.19. The Hall–Kier alpha value is -2.90. The summed E-state index contributed by atoms with van der Waals surface area (Å²) in [4.78, 5) is 33.1. The van der Waals surface area contributed by atoms with Crippen molar-refractivity contribution in [3.63, 3.8) is 0 Å². The molecule has 2 aromatic rings. The third kappa shape index (κ3) is 7.17. The smallest absolute Gasteiger partial charge is 0.408 e. The zero-order valence-corrected chi connectivity index (χ0v) is 18.4. The molecule has 1 atom stereocenters. The van der Waals surface area contributed by atoms with Gasteiger partial charge in [-0.15, -0.1) is 0 Å². The minimum Gasteiger partial charge on any atom is -0.466 e. The Balaban J connectivity index is 2.17. The van der Waals surface area contributed by atoms with Gasteiger partial charge in [0.2, 0.25) is 0 Å². The summed E-state index contributed by atoms with van der Waals surface area (Å²) in [5.41, 5.74) is 0.193. The van der Waals surface area contributed by atoms with Crippen molar-refractivity contribution in [3.8, 4) is 0 Å². The molecule has 0 aliphatic carbocycles. The molecule has 0 saturated carbocycles. The van der Waals surface area contributed by atoms with Crippen LogP contribution in [-0.2, 0) is 14.3 Å². The van der Waals surface area contributed by atoms with Crippen LogP contribution in [0.2, 0.25) is 0 Å². The molecule has 1 heterocycles. The van der Waals surface area contributed by atoms with Gasteiger partial charge in [0, 0.05) is 18.4 Å². The van der Waals surface area contributed by atoms with Crippen LogP contribution in [-0.4, -0.2) is 40.8 Å². The second-order valence-electron chi connectivity index (χ2n) is 7.89. The standard InChI is InChI=1S/C22H32N4O4/c1-6-16(25-21(28)30-22(3,4)5)20-24-17-12-9-8-11-15(17)19(26-20)23-14-10-13-18(27)29-7-2/h8-9,11-12,16H,6-7,10,13-14H2,1-5H3,(H,25,28)(H,23,24,26)/t16-/m0/s1. The molecule has 2 rings (SSSR count). The van der Waals surface area contributed by atoms with Crippen molar-refractivity contribution in [1.29, 1.82) is 0 Å². The van der Waals surface area contributed by atoms with E-state index in [1.165, 1.54) is 0 Å². The van der Waals surface area contributed by atoms with Gasteiger partial charge in [-0.25, -0.2) is 14.8 Å². The molecule has 0 fully saturated rings. The van der Waals surface area contributed by atoms with Crippen molar-refractivity contribution >= 4 is 28.8 Å². The highest BCUT2D eigenvalue weighted by Crippen LogP contribution is 2.24. The number of anilines is 1. The topological polar surface area (TPSA) is 102 Å². The SMILES string of the molecule is CCOC(=O)CCCNc1nc([C@H](CC)NC(=O)OC(C)(C)C)nc2ccccc12. The molecule has 8 heteroatoms. The van der Waals surface area contributed by atoms with Crippen LogP contribution >= 0.6 is 0 Å². The van der Waals surface area contributed by atoms with Gasteiger partial charge in [0.25, 0.3) is 0 Å². The summed E-state index contributed by atoms with van der Waals surface area (Å²) in [5, 5.41) is 7.02. The molecule has 1 amide bonds. The van der Waals surface area contributed by atoms with Gasteiger partial charge in [-0.3, -0.25) is 4.79 Å². The summed E-state index contributed by atoms with van der Waals surface area (Å²) in [6, 6.07) is 7.29. The predicted octanol–water partition coefficient (Wildman–Crippen LogP) is 4.36.